The van der Waals surface area contributed by atoms with Gasteiger partial charge in [0.2, 0.25) is 0 Å². The van der Waals surface area contributed by atoms with E-state index < -0.39 is 0 Å². The third-order valence-electron chi connectivity index (χ3n) is 3.55. The zero-order chi connectivity index (χ0) is 14.5. The number of para-hydroxylation sites is 1. The van der Waals surface area contributed by atoms with Crippen LogP contribution in [0.25, 0.3) is 10.8 Å². The maximum Gasteiger partial charge on any atom is 0.153 e. The predicted octanol–water partition coefficient (Wildman–Crippen LogP) is 4.27. The molecule has 0 aliphatic heterocycles. The second kappa shape index (κ2) is 6.23. The van der Waals surface area contributed by atoms with Crippen molar-refractivity contribution < 1.29 is 9.53 Å². The fourth-order valence-electron chi connectivity index (χ4n) is 2.49. The first kappa shape index (κ1) is 13.4. The Balaban J connectivity index is 1.74. The molecule has 2 heteroatoms. The van der Waals surface area contributed by atoms with Gasteiger partial charge in [0, 0.05) is 6.42 Å². The second-order valence-electron chi connectivity index (χ2n) is 4.89. The number of ether oxygens (including phenoxy) is 1. The number of rotatable bonds is 5. The van der Waals surface area contributed by atoms with Crippen LogP contribution in [0.2, 0.25) is 0 Å². The maximum absolute atomic E-state index is 11.0. The van der Waals surface area contributed by atoms with Crippen LogP contribution in [-0.2, 0) is 6.42 Å². The summed E-state index contributed by atoms with van der Waals surface area (Å²) in [5.41, 5.74) is 1.85. The van der Waals surface area contributed by atoms with Crippen LogP contribution in [0.3, 0.4) is 0 Å². The molecular formula is C19H16O2. The summed E-state index contributed by atoms with van der Waals surface area (Å²) in [5.74, 6) is 0.646. The third kappa shape index (κ3) is 2.95. The Hall–Kier alpha value is -2.61. The first-order valence-corrected chi connectivity index (χ1v) is 7.02. The highest BCUT2D eigenvalue weighted by atomic mass is 16.5. The molecule has 21 heavy (non-hydrogen) atoms. The van der Waals surface area contributed by atoms with E-state index in [2.05, 4.69) is 30.3 Å². The van der Waals surface area contributed by atoms with E-state index >= 15 is 0 Å². The van der Waals surface area contributed by atoms with E-state index in [-0.39, 0.29) is 0 Å². The van der Waals surface area contributed by atoms with Gasteiger partial charge in [0.15, 0.2) is 6.29 Å². The van der Waals surface area contributed by atoms with Gasteiger partial charge in [-0.2, -0.15) is 0 Å². The fourth-order valence-corrected chi connectivity index (χ4v) is 2.49. The Morgan fingerprint density at radius 3 is 2.52 bits per heavy atom. The fraction of sp³-hybridized carbons (Fsp3) is 0.105. The van der Waals surface area contributed by atoms with Crippen molar-refractivity contribution in [3.63, 3.8) is 0 Å². The summed E-state index contributed by atoms with van der Waals surface area (Å²) in [7, 11) is 0. The summed E-state index contributed by atoms with van der Waals surface area (Å²) in [6.45, 7) is 0.554. The molecule has 0 saturated heterocycles. The first-order valence-electron chi connectivity index (χ1n) is 7.02. The normalized spacial score (nSPS) is 10.5. The second-order valence-corrected chi connectivity index (χ2v) is 4.89. The van der Waals surface area contributed by atoms with Crippen molar-refractivity contribution in [1.29, 1.82) is 0 Å². The molecule has 104 valence electrons. The summed E-state index contributed by atoms with van der Waals surface area (Å²) in [6, 6.07) is 21.9. The van der Waals surface area contributed by atoms with Gasteiger partial charge in [-0.1, -0.05) is 54.6 Å². The third-order valence-corrected chi connectivity index (χ3v) is 3.55. The van der Waals surface area contributed by atoms with Gasteiger partial charge >= 0.3 is 0 Å². The van der Waals surface area contributed by atoms with E-state index in [4.69, 9.17) is 4.74 Å². The molecule has 0 atom stereocenters. The van der Waals surface area contributed by atoms with Crippen LogP contribution in [0, 0.1) is 0 Å². The average molecular weight is 276 g/mol. The predicted molar refractivity (Wildman–Crippen MR) is 85.0 cm³/mol. The number of carbonyl (C=O) groups is 1. The average Bonchev–Trinajstić information content (AvgIpc) is 2.55. The summed E-state index contributed by atoms with van der Waals surface area (Å²) < 4.78 is 5.75. The molecule has 0 unspecified atom stereocenters. The molecule has 0 aliphatic rings. The topological polar surface area (TPSA) is 26.3 Å². The van der Waals surface area contributed by atoms with Gasteiger partial charge < -0.3 is 4.74 Å². The minimum absolute atomic E-state index is 0.554. The Morgan fingerprint density at radius 1 is 0.857 bits per heavy atom. The van der Waals surface area contributed by atoms with Crippen LogP contribution in [0.15, 0.2) is 66.7 Å². The van der Waals surface area contributed by atoms with Gasteiger partial charge in [0.1, 0.15) is 5.75 Å². The molecule has 0 fully saturated rings. The molecule has 0 bridgehead atoms. The van der Waals surface area contributed by atoms with Crippen molar-refractivity contribution in [3.8, 4) is 5.75 Å². The Kier molecular flexibility index (Phi) is 3.97. The molecule has 0 saturated carbocycles. The van der Waals surface area contributed by atoms with Crippen molar-refractivity contribution in [2.45, 2.75) is 6.42 Å². The molecule has 0 aliphatic carbocycles. The minimum atomic E-state index is 0.554. The van der Waals surface area contributed by atoms with E-state index in [1.165, 1.54) is 16.3 Å². The monoisotopic (exact) mass is 276 g/mol. The Bertz CT molecular complexity index is 757. The molecular weight excluding hydrogens is 260 g/mol. The molecule has 0 amide bonds. The van der Waals surface area contributed by atoms with Crippen molar-refractivity contribution in [2.24, 2.45) is 0 Å². The maximum atomic E-state index is 11.0. The van der Waals surface area contributed by atoms with Crippen LogP contribution in [-0.4, -0.2) is 12.9 Å². The quantitative estimate of drug-likeness (QED) is 0.650. The Morgan fingerprint density at radius 2 is 1.62 bits per heavy atom. The number of carbonyl (C=O) groups excluding carboxylic acids is 1. The zero-order valence-corrected chi connectivity index (χ0v) is 11.7. The SMILES string of the molecule is O=Cc1ccccc1OCCc1cccc2ccccc12. The van der Waals surface area contributed by atoms with Crippen molar-refractivity contribution in [1.82, 2.24) is 0 Å². The van der Waals surface area contributed by atoms with Crippen LogP contribution in [0.5, 0.6) is 5.75 Å². The molecule has 3 rings (SSSR count). The summed E-state index contributed by atoms with van der Waals surface area (Å²) in [4.78, 5) is 11.0. The lowest BCUT2D eigenvalue weighted by molar-refractivity contribution is 0.111. The van der Waals surface area contributed by atoms with E-state index in [0.29, 0.717) is 17.9 Å². The highest BCUT2D eigenvalue weighted by Gasteiger charge is 2.03. The zero-order valence-electron chi connectivity index (χ0n) is 11.7. The number of hydrogen-bond donors (Lipinski definition) is 0. The lowest BCUT2D eigenvalue weighted by Crippen LogP contribution is -2.03. The first-order chi connectivity index (χ1) is 10.4. The van der Waals surface area contributed by atoms with Gasteiger partial charge in [-0.15, -0.1) is 0 Å². The lowest BCUT2D eigenvalue weighted by Gasteiger charge is -2.10. The van der Waals surface area contributed by atoms with Gasteiger partial charge in [0.05, 0.1) is 12.2 Å². The smallest absolute Gasteiger partial charge is 0.153 e. The van der Waals surface area contributed by atoms with E-state index in [1.54, 1.807) is 6.07 Å². The Labute approximate surface area is 124 Å². The van der Waals surface area contributed by atoms with Crippen molar-refractivity contribution in [2.75, 3.05) is 6.61 Å². The molecule has 3 aromatic rings. The van der Waals surface area contributed by atoms with Crippen LogP contribution in [0.1, 0.15) is 15.9 Å². The summed E-state index contributed by atoms with van der Waals surface area (Å²) in [6.07, 6.45) is 1.64. The van der Waals surface area contributed by atoms with E-state index in [1.807, 2.05) is 30.3 Å². The molecule has 0 N–H and O–H groups in total. The number of hydrogen-bond acceptors (Lipinski definition) is 2. The van der Waals surface area contributed by atoms with Crippen molar-refractivity contribution >= 4 is 17.1 Å². The van der Waals surface area contributed by atoms with E-state index in [0.717, 1.165) is 12.7 Å². The number of benzene rings is 3. The molecule has 0 aromatic heterocycles. The molecule has 3 aromatic carbocycles. The van der Waals surface area contributed by atoms with Gasteiger partial charge in [-0.3, -0.25) is 4.79 Å². The van der Waals surface area contributed by atoms with Gasteiger partial charge in [0.25, 0.3) is 0 Å². The van der Waals surface area contributed by atoms with Crippen LogP contribution in [0.4, 0.5) is 0 Å². The molecule has 0 heterocycles. The van der Waals surface area contributed by atoms with Crippen LogP contribution >= 0.6 is 0 Å². The van der Waals surface area contributed by atoms with Gasteiger partial charge in [-0.05, 0) is 28.5 Å². The number of aldehydes is 1. The summed E-state index contributed by atoms with van der Waals surface area (Å²) >= 11 is 0. The van der Waals surface area contributed by atoms with Gasteiger partial charge in [-0.25, -0.2) is 0 Å². The molecule has 2 nitrogen and oxygen atoms in total. The highest BCUT2D eigenvalue weighted by molar-refractivity contribution is 5.85. The minimum Gasteiger partial charge on any atom is -0.492 e. The summed E-state index contributed by atoms with van der Waals surface area (Å²) in [5, 5.41) is 2.50. The molecule has 0 spiro atoms. The molecule has 0 radical (unpaired) electrons. The van der Waals surface area contributed by atoms with Crippen molar-refractivity contribution in [3.05, 3.63) is 77.9 Å². The van der Waals surface area contributed by atoms with E-state index in [9.17, 15) is 4.79 Å². The lowest BCUT2D eigenvalue weighted by atomic mass is 10.0. The van der Waals surface area contributed by atoms with Crippen LogP contribution < -0.4 is 4.74 Å². The standard InChI is InChI=1S/C19H16O2/c20-14-17-7-2-4-11-19(17)21-13-12-16-9-5-8-15-6-1-3-10-18(15)16/h1-11,14H,12-13H2. The highest BCUT2D eigenvalue weighted by Crippen LogP contribution is 2.20. The largest absolute Gasteiger partial charge is 0.492 e. The number of fused-ring (bicyclic) bond motifs is 1.